The zero-order chi connectivity index (χ0) is 14.1. The second kappa shape index (κ2) is 5.04. The van der Waals surface area contributed by atoms with Gasteiger partial charge in [0.15, 0.2) is 11.6 Å². The Balaban J connectivity index is 1.82. The summed E-state index contributed by atoms with van der Waals surface area (Å²) in [5.74, 6) is -0.0370. The second-order valence-electron chi connectivity index (χ2n) is 5.03. The predicted molar refractivity (Wildman–Crippen MR) is 78.6 cm³/mol. The molecule has 0 aromatic heterocycles. The van der Waals surface area contributed by atoms with E-state index in [-0.39, 0.29) is 11.6 Å². The molecule has 0 saturated heterocycles. The lowest BCUT2D eigenvalue weighted by Gasteiger charge is -2.20. The number of nitrogens with two attached hydrogens (primary N) is 1. The van der Waals surface area contributed by atoms with Crippen LogP contribution in [0.3, 0.4) is 0 Å². The molecule has 4 heteroatoms. The molecule has 0 bridgehead atoms. The maximum atomic E-state index is 13.7. The van der Waals surface area contributed by atoms with Crippen LogP contribution in [0.4, 0.5) is 15.8 Å². The minimum atomic E-state index is -0.318. The van der Waals surface area contributed by atoms with Gasteiger partial charge in [0.1, 0.15) is 0 Å². The minimum Gasteiger partial charge on any atom is -0.494 e. The van der Waals surface area contributed by atoms with Crippen molar-refractivity contribution in [3.63, 3.8) is 0 Å². The van der Waals surface area contributed by atoms with Crippen molar-refractivity contribution in [2.75, 3.05) is 24.3 Å². The third-order valence-corrected chi connectivity index (χ3v) is 3.68. The first kappa shape index (κ1) is 12.8. The molecule has 104 valence electrons. The van der Waals surface area contributed by atoms with Gasteiger partial charge in [0.05, 0.1) is 7.11 Å². The molecule has 0 unspecified atom stereocenters. The number of methoxy groups -OCH3 is 1. The minimum absolute atomic E-state index is 0.281. The average Bonchev–Trinajstić information content (AvgIpc) is 2.81. The first-order valence-electron chi connectivity index (χ1n) is 6.63. The summed E-state index contributed by atoms with van der Waals surface area (Å²) in [5, 5.41) is 0. The Hall–Kier alpha value is -2.23. The van der Waals surface area contributed by atoms with Crippen molar-refractivity contribution in [3.05, 3.63) is 53.3 Å². The van der Waals surface area contributed by atoms with E-state index >= 15 is 0 Å². The zero-order valence-electron chi connectivity index (χ0n) is 11.4. The molecule has 2 N–H and O–H groups in total. The number of nitrogens with zero attached hydrogens (tertiary/aromatic N) is 1. The van der Waals surface area contributed by atoms with Crippen LogP contribution in [-0.2, 0) is 13.0 Å². The maximum Gasteiger partial charge on any atom is 0.165 e. The molecule has 0 saturated carbocycles. The van der Waals surface area contributed by atoms with E-state index in [0.717, 1.165) is 24.2 Å². The van der Waals surface area contributed by atoms with Crippen molar-refractivity contribution in [3.8, 4) is 5.75 Å². The van der Waals surface area contributed by atoms with Gasteiger partial charge in [-0.05, 0) is 47.9 Å². The van der Waals surface area contributed by atoms with Crippen molar-refractivity contribution in [1.29, 1.82) is 0 Å². The Bertz CT molecular complexity index is 642. The van der Waals surface area contributed by atoms with Crippen LogP contribution in [0, 0.1) is 5.82 Å². The monoisotopic (exact) mass is 272 g/mol. The van der Waals surface area contributed by atoms with Crippen LogP contribution in [0.2, 0.25) is 0 Å². The number of anilines is 2. The Morgan fingerprint density at radius 1 is 1.25 bits per heavy atom. The summed E-state index contributed by atoms with van der Waals surface area (Å²) in [4.78, 5) is 2.25. The highest BCUT2D eigenvalue weighted by Crippen LogP contribution is 2.31. The lowest BCUT2D eigenvalue weighted by Crippen LogP contribution is -2.19. The Labute approximate surface area is 117 Å². The molecule has 3 rings (SSSR count). The fraction of sp³-hybridized carbons (Fsp3) is 0.250. The van der Waals surface area contributed by atoms with Gasteiger partial charge in [-0.15, -0.1) is 0 Å². The summed E-state index contributed by atoms with van der Waals surface area (Å²) in [6.45, 7) is 1.63. The topological polar surface area (TPSA) is 38.5 Å². The van der Waals surface area contributed by atoms with E-state index in [1.165, 1.54) is 24.4 Å². The fourth-order valence-electron chi connectivity index (χ4n) is 2.68. The van der Waals surface area contributed by atoms with Crippen LogP contribution in [0.1, 0.15) is 11.1 Å². The summed E-state index contributed by atoms with van der Waals surface area (Å²) < 4.78 is 18.7. The summed E-state index contributed by atoms with van der Waals surface area (Å²) in [6, 6.07) is 11.1. The molecular weight excluding hydrogens is 255 g/mol. The Morgan fingerprint density at radius 3 is 2.85 bits per heavy atom. The van der Waals surface area contributed by atoms with Gasteiger partial charge in [0.2, 0.25) is 0 Å². The smallest absolute Gasteiger partial charge is 0.165 e. The van der Waals surface area contributed by atoms with E-state index in [9.17, 15) is 4.39 Å². The fourth-order valence-corrected chi connectivity index (χ4v) is 2.68. The van der Waals surface area contributed by atoms with E-state index < -0.39 is 0 Å². The normalized spacial score (nSPS) is 13.4. The molecule has 0 amide bonds. The van der Waals surface area contributed by atoms with Gasteiger partial charge in [0.25, 0.3) is 0 Å². The number of hydrogen-bond acceptors (Lipinski definition) is 3. The van der Waals surface area contributed by atoms with E-state index in [1.54, 1.807) is 6.07 Å². The van der Waals surface area contributed by atoms with Crippen LogP contribution >= 0.6 is 0 Å². The first-order chi connectivity index (χ1) is 9.67. The van der Waals surface area contributed by atoms with Crippen molar-refractivity contribution in [2.24, 2.45) is 0 Å². The highest BCUT2D eigenvalue weighted by Gasteiger charge is 2.19. The van der Waals surface area contributed by atoms with E-state index in [0.29, 0.717) is 6.54 Å². The molecular formula is C16H17FN2O. The van der Waals surface area contributed by atoms with Crippen molar-refractivity contribution in [2.45, 2.75) is 13.0 Å². The van der Waals surface area contributed by atoms with Crippen LogP contribution in [0.15, 0.2) is 36.4 Å². The third-order valence-electron chi connectivity index (χ3n) is 3.68. The molecule has 20 heavy (non-hydrogen) atoms. The average molecular weight is 272 g/mol. The van der Waals surface area contributed by atoms with E-state index in [2.05, 4.69) is 4.90 Å². The SMILES string of the molecule is COc1ccc(CN2CCc3cc(N)ccc32)cc1F. The molecule has 0 aliphatic carbocycles. The number of halogens is 1. The highest BCUT2D eigenvalue weighted by molar-refractivity contribution is 5.63. The number of benzene rings is 2. The van der Waals surface area contributed by atoms with Gasteiger partial charge < -0.3 is 15.4 Å². The Kier molecular flexibility index (Phi) is 3.22. The predicted octanol–water partition coefficient (Wildman–Crippen LogP) is 2.98. The number of ether oxygens (including phenoxy) is 1. The van der Waals surface area contributed by atoms with Gasteiger partial charge in [0, 0.05) is 24.5 Å². The van der Waals surface area contributed by atoms with Gasteiger partial charge in [-0.2, -0.15) is 0 Å². The van der Waals surface area contributed by atoms with Crippen LogP contribution in [-0.4, -0.2) is 13.7 Å². The van der Waals surface area contributed by atoms with E-state index in [1.807, 2.05) is 24.3 Å². The number of rotatable bonds is 3. The summed E-state index contributed by atoms with van der Waals surface area (Å²) >= 11 is 0. The van der Waals surface area contributed by atoms with Gasteiger partial charge in [-0.1, -0.05) is 6.07 Å². The molecule has 3 nitrogen and oxygen atoms in total. The van der Waals surface area contributed by atoms with Crippen LogP contribution < -0.4 is 15.4 Å². The van der Waals surface area contributed by atoms with Crippen molar-refractivity contribution in [1.82, 2.24) is 0 Å². The molecule has 0 radical (unpaired) electrons. The van der Waals surface area contributed by atoms with E-state index in [4.69, 9.17) is 10.5 Å². The second-order valence-corrected chi connectivity index (χ2v) is 5.03. The first-order valence-corrected chi connectivity index (χ1v) is 6.63. The molecule has 1 aliphatic rings. The quantitative estimate of drug-likeness (QED) is 0.873. The van der Waals surface area contributed by atoms with Gasteiger partial charge in [-0.3, -0.25) is 0 Å². The largest absolute Gasteiger partial charge is 0.494 e. The maximum absolute atomic E-state index is 13.7. The molecule has 1 heterocycles. The molecule has 2 aromatic rings. The molecule has 0 atom stereocenters. The van der Waals surface area contributed by atoms with Crippen LogP contribution in [0.25, 0.3) is 0 Å². The number of nitrogen functional groups attached to an aromatic ring is 1. The summed E-state index contributed by atoms with van der Waals surface area (Å²) in [7, 11) is 1.47. The van der Waals surface area contributed by atoms with Crippen molar-refractivity contribution < 1.29 is 9.13 Å². The lowest BCUT2D eigenvalue weighted by atomic mass is 10.1. The summed E-state index contributed by atoms with van der Waals surface area (Å²) in [6.07, 6.45) is 0.985. The Morgan fingerprint density at radius 2 is 2.10 bits per heavy atom. The number of hydrogen-bond donors (Lipinski definition) is 1. The van der Waals surface area contributed by atoms with Crippen LogP contribution in [0.5, 0.6) is 5.75 Å². The van der Waals surface area contributed by atoms with Gasteiger partial charge >= 0.3 is 0 Å². The molecule has 1 aliphatic heterocycles. The molecule has 0 spiro atoms. The zero-order valence-corrected chi connectivity index (χ0v) is 11.4. The summed E-state index contributed by atoms with van der Waals surface area (Å²) in [5.41, 5.74) is 9.98. The highest BCUT2D eigenvalue weighted by atomic mass is 19.1. The molecule has 0 fully saturated rings. The standard InChI is InChI=1S/C16H17FN2O/c1-20-16-5-2-11(8-14(16)17)10-19-7-6-12-9-13(18)3-4-15(12)19/h2-5,8-9H,6-7,10,18H2,1H3. The molecule has 2 aromatic carbocycles. The van der Waals surface area contributed by atoms with Crippen molar-refractivity contribution >= 4 is 11.4 Å². The number of fused-ring (bicyclic) bond motifs is 1. The third kappa shape index (κ3) is 2.29. The van der Waals surface area contributed by atoms with Gasteiger partial charge in [-0.25, -0.2) is 4.39 Å². The lowest BCUT2D eigenvalue weighted by molar-refractivity contribution is 0.386.